The maximum Gasteiger partial charge on any atom is 0.412 e. The summed E-state index contributed by atoms with van der Waals surface area (Å²) in [4.78, 5) is 12.2. The molecule has 1 aliphatic rings. The zero-order chi connectivity index (χ0) is 21.7. The van der Waals surface area contributed by atoms with Gasteiger partial charge in [-0.3, -0.25) is 5.32 Å². The van der Waals surface area contributed by atoms with E-state index in [9.17, 15) is 4.79 Å². The van der Waals surface area contributed by atoms with E-state index in [4.69, 9.17) is 35.3 Å². The topological polar surface area (TPSA) is 78.5 Å². The molecule has 30 heavy (non-hydrogen) atoms. The zero-order valence-electron chi connectivity index (χ0n) is 17.5. The van der Waals surface area contributed by atoms with E-state index in [1.54, 1.807) is 40.0 Å². The maximum absolute atomic E-state index is 12.2. The molecule has 7 nitrogen and oxygen atoms in total. The Kier molecular flexibility index (Phi) is 6.95. The van der Waals surface area contributed by atoms with Crippen LogP contribution in [0, 0.1) is 0 Å². The molecule has 2 aromatic carbocycles. The van der Waals surface area contributed by atoms with E-state index in [0.29, 0.717) is 42.0 Å². The summed E-state index contributed by atoms with van der Waals surface area (Å²) < 4.78 is 27.4. The van der Waals surface area contributed by atoms with Crippen LogP contribution in [0.25, 0.3) is 0 Å². The minimum absolute atomic E-state index is 0.0544. The molecule has 1 heterocycles. The summed E-state index contributed by atoms with van der Waals surface area (Å²) in [5, 5.41) is 3.02. The van der Waals surface area contributed by atoms with Gasteiger partial charge in [0, 0.05) is 6.07 Å². The SMILES string of the molecule is COc1ccc(COc2cc(OC[C@@H]3CO3)c(NC(=O)OC(C)(C)C)cc2Cl)cc1. The number of benzene rings is 2. The summed E-state index contributed by atoms with van der Waals surface area (Å²) >= 11 is 6.39. The van der Waals surface area contributed by atoms with Crippen LogP contribution >= 0.6 is 11.6 Å². The van der Waals surface area contributed by atoms with Crippen molar-refractivity contribution in [1.82, 2.24) is 0 Å². The maximum atomic E-state index is 12.2. The first kappa shape index (κ1) is 22.1. The van der Waals surface area contributed by atoms with Gasteiger partial charge in [-0.1, -0.05) is 23.7 Å². The molecule has 1 aliphatic heterocycles. The van der Waals surface area contributed by atoms with Gasteiger partial charge in [0.2, 0.25) is 0 Å². The van der Waals surface area contributed by atoms with Gasteiger partial charge in [-0.2, -0.15) is 0 Å². The predicted molar refractivity (Wildman–Crippen MR) is 114 cm³/mol. The molecule has 0 radical (unpaired) electrons. The van der Waals surface area contributed by atoms with Gasteiger partial charge in [0.25, 0.3) is 0 Å². The molecule has 0 spiro atoms. The lowest BCUT2D eigenvalue weighted by molar-refractivity contribution is 0.0635. The van der Waals surface area contributed by atoms with Gasteiger partial charge in [0.1, 0.15) is 42.2 Å². The average molecular weight is 436 g/mol. The summed E-state index contributed by atoms with van der Waals surface area (Å²) in [6.45, 7) is 6.70. The molecule has 0 aromatic heterocycles. The normalized spacial score (nSPS) is 15.3. The fourth-order valence-corrected chi connectivity index (χ4v) is 2.72. The van der Waals surface area contributed by atoms with Crippen LogP contribution in [-0.4, -0.2) is 38.1 Å². The van der Waals surface area contributed by atoms with Crippen molar-refractivity contribution in [1.29, 1.82) is 0 Å². The Bertz CT molecular complexity index is 874. The highest BCUT2D eigenvalue weighted by molar-refractivity contribution is 6.32. The van der Waals surface area contributed by atoms with Crippen LogP contribution in [0.2, 0.25) is 5.02 Å². The van der Waals surface area contributed by atoms with Crippen molar-refractivity contribution in [2.75, 3.05) is 25.6 Å². The molecule has 1 fully saturated rings. The molecule has 0 unspecified atom stereocenters. The van der Waals surface area contributed by atoms with Gasteiger partial charge >= 0.3 is 6.09 Å². The molecule has 3 rings (SSSR count). The van der Waals surface area contributed by atoms with Crippen LogP contribution in [0.3, 0.4) is 0 Å². The number of ether oxygens (including phenoxy) is 5. The van der Waals surface area contributed by atoms with Crippen molar-refractivity contribution in [2.45, 2.75) is 39.1 Å². The largest absolute Gasteiger partial charge is 0.497 e. The number of halogens is 1. The van der Waals surface area contributed by atoms with Gasteiger partial charge in [-0.05, 0) is 44.5 Å². The van der Waals surface area contributed by atoms with E-state index in [1.165, 1.54) is 0 Å². The van der Waals surface area contributed by atoms with Crippen LogP contribution in [-0.2, 0) is 16.1 Å². The van der Waals surface area contributed by atoms with Gasteiger partial charge < -0.3 is 23.7 Å². The first-order valence-corrected chi connectivity index (χ1v) is 9.95. The second kappa shape index (κ2) is 9.45. The van der Waals surface area contributed by atoms with Gasteiger partial charge in [-0.15, -0.1) is 0 Å². The summed E-state index contributed by atoms with van der Waals surface area (Å²) in [6, 6.07) is 10.8. The second-order valence-electron chi connectivity index (χ2n) is 7.81. The number of anilines is 1. The van der Waals surface area contributed by atoms with Crippen LogP contribution in [0.15, 0.2) is 36.4 Å². The Labute approximate surface area is 181 Å². The minimum atomic E-state index is -0.627. The lowest BCUT2D eigenvalue weighted by Crippen LogP contribution is -2.27. The lowest BCUT2D eigenvalue weighted by atomic mass is 10.2. The van der Waals surface area contributed by atoms with Crippen LogP contribution in [0.1, 0.15) is 26.3 Å². The van der Waals surface area contributed by atoms with Gasteiger partial charge in [0.05, 0.1) is 24.4 Å². The third-order valence-electron chi connectivity index (χ3n) is 4.05. The highest BCUT2D eigenvalue weighted by atomic mass is 35.5. The molecule has 1 atom stereocenters. The third kappa shape index (κ3) is 6.71. The fourth-order valence-electron chi connectivity index (χ4n) is 2.51. The molecule has 1 amide bonds. The quantitative estimate of drug-likeness (QED) is 0.584. The lowest BCUT2D eigenvalue weighted by Gasteiger charge is -2.21. The minimum Gasteiger partial charge on any atom is -0.497 e. The van der Waals surface area contributed by atoms with Gasteiger partial charge in [-0.25, -0.2) is 4.79 Å². The summed E-state index contributed by atoms with van der Waals surface area (Å²) in [5.41, 5.74) is 0.724. The van der Waals surface area contributed by atoms with E-state index in [2.05, 4.69) is 5.32 Å². The molecule has 0 bridgehead atoms. The Morgan fingerprint density at radius 2 is 1.87 bits per heavy atom. The molecule has 0 aliphatic carbocycles. The standard InChI is InChI=1S/C22H26ClNO6/c1-22(2,3)30-21(25)24-18-9-17(23)19(10-20(18)29-13-16-12-27-16)28-11-14-5-7-15(26-4)8-6-14/h5-10,16H,11-13H2,1-4H3,(H,24,25)/t16-/m0/s1. The van der Waals surface area contributed by atoms with E-state index in [1.807, 2.05) is 24.3 Å². The van der Waals surface area contributed by atoms with Crippen LogP contribution < -0.4 is 19.5 Å². The number of carbonyl (C=O) groups excluding carboxylic acids is 1. The number of hydrogen-bond donors (Lipinski definition) is 1. The molecule has 2 aromatic rings. The Morgan fingerprint density at radius 1 is 1.17 bits per heavy atom. The second-order valence-corrected chi connectivity index (χ2v) is 8.22. The van der Waals surface area contributed by atoms with E-state index < -0.39 is 11.7 Å². The van der Waals surface area contributed by atoms with E-state index in [-0.39, 0.29) is 6.10 Å². The summed E-state index contributed by atoms with van der Waals surface area (Å²) in [6.07, 6.45) is -0.545. The van der Waals surface area contributed by atoms with Crippen molar-refractivity contribution < 1.29 is 28.5 Å². The monoisotopic (exact) mass is 435 g/mol. The number of carbonyl (C=O) groups is 1. The number of epoxide rings is 1. The summed E-state index contributed by atoms with van der Waals surface area (Å²) in [5.74, 6) is 1.63. The van der Waals surface area contributed by atoms with Crippen molar-refractivity contribution in [2.24, 2.45) is 0 Å². The molecular weight excluding hydrogens is 410 g/mol. The van der Waals surface area contributed by atoms with E-state index in [0.717, 1.165) is 11.3 Å². The fraction of sp³-hybridized carbons (Fsp3) is 0.409. The molecule has 162 valence electrons. The molecule has 1 N–H and O–H groups in total. The molecule has 0 saturated carbocycles. The third-order valence-corrected chi connectivity index (χ3v) is 4.35. The number of methoxy groups -OCH3 is 1. The first-order chi connectivity index (χ1) is 14.2. The number of rotatable bonds is 8. The number of hydrogen-bond acceptors (Lipinski definition) is 6. The Morgan fingerprint density at radius 3 is 2.47 bits per heavy atom. The Hall–Kier alpha value is -2.64. The summed E-state index contributed by atoms with van der Waals surface area (Å²) in [7, 11) is 1.62. The highest BCUT2D eigenvalue weighted by Gasteiger charge is 2.25. The zero-order valence-corrected chi connectivity index (χ0v) is 18.2. The smallest absolute Gasteiger partial charge is 0.412 e. The number of nitrogens with one attached hydrogen (secondary N) is 1. The van der Waals surface area contributed by atoms with E-state index >= 15 is 0 Å². The Balaban J connectivity index is 1.74. The molecule has 1 saturated heterocycles. The van der Waals surface area contributed by atoms with Crippen LogP contribution in [0.5, 0.6) is 17.2 Å². The van der Waals surface area contributed by atoms with Crippen molar-refractivity contribution in [3.8, 4) is 17.2 Å². The van der Waals surface area contributed by atoms with Crippen LogP contribution in [0.4, 0.5) is 10.5 Å². The van der Waals surface area contributed by atoms with Crippen molar-refractivity contribution in [3.05, 3.63) is 47.0 Å². The van der Waals surface area contributed by atoms with Crippen molar-refractivity contribution >= 4 is 23.4 Å². The van der Waals surface area contributed by atoms with Gasteiger partial charge in [0.15, 0.2) is 0 Å². The predicted octanol–water partition coefficient (Wildman–Crippen LogP) is 5.05. The van der Waals surface area contributed by atoms with Crippen molar-refractivity contribution in [3.63, 3.8) is 0 Å². The molecular formula is C22H26ClNO6. The number of amides is 1. The molecule has 8 heteroatoms. The average Bonchev–Trinajstić information content (AvgIpc) is 3.50. The first-order valence-electron chi connectivity index (χ1n) is 9.57. The highest BCUT2D eigenvalue weighted by Crippen LogP contribution is 2.37.